The maximum Gasteiger partial charge on any atom is 0.151 e. The Bertz CT molecular complexity index is 633. The lowest BCUT2D eigenvalue weighted by Gasteiger charge is -2.01. The second-order valence-electron chi connectivity index (χ2n) is 3.44. The van der Waals surface area contributed by atoms with Gasteiger partial charge in [-0.15, -0.1) is 0 Å². The smallest absolute Gasteiger partial charge is 0.151 e. The molecule has 0 bridgehead atoms. The molecule has 0 aliphatic carbocycles. The molecule has 2 aromatic carbocycles. The van der Waals surface area contributed by atoms with Crippen molar-refractivity contribution in [1.82, 2.24) is 9.97 Å². The Morgan fingerprint density at radius 1 is 0.688 bits per heavy atom. The van der Waals surface area contributed by atoms with E-state index in [1.807, 2.05) is 0 Å². The van der Waals surface area contributed by atoms with Gasteiger partial charge in [0.15, 0.2) is 11.6 Å². The molecule has 0 atom stereocenters. The van der Waals surface area contributed by atoms with Crippen LogP contribution in [0.3, 0.4) is 0 Å². The Balaban J connectivity index is 2.54. The monoisotopic (exact) mass is 216 g/mol. The summed E-state index contributed by atoms with van der Waals surface area (Å²) in [6.45, 7) is 0. The third-order valence-electron chi connectivity index (χ3n) is 2.40. The molecule has 0 spiro atoms. The second kappa shape index (κ2) is 3.20. The lowest BCUT2D eigenvalue weighted by Crippen LogP contribution is -1.92. The van der Waals surface area contributed by atoms with Gasteiger partial charge in [0.2, 0.25) is 0 Å². The maximum absolute atomic E-state index is 13.4. The maximum atomic E-state index is 13.4. The normalized spacial score (nSPS) is 11.1. The molecule has 0 radical (unpaired) electrons. The lowest BCUT2D eigenvalue weighted by molar-refractivity contribution is 0.633. The van der Waals surface area contributed by atoms with E-state index in [2.05, 4.69) is 9.97 Å². The molecular formula is C12H6F2N2. The highest BCUT2D eigenvalue weighted by Gasteiger charge is 2.07. The third-order valence-corrected chi connectivity index (χ3v) is 2.40. The fourth-order valence-corrected chi connectivity index (χ4v) is 1.65. The van der Waals surface area contributed by atoms with Crippen molar-refractivity contribution < 1.29 is 8.78 Å². The highest BCUT2D eigenvalue weighted by molar-refractivity contribution is 5.86. The minimum atomic E-state index is -0.448. The van der Waals surface area contributed by atoms with E-state index in [4.69, 9.17) is 0 Å². The SMILES string of the molecule is Fc1cccc2nc3c(F)cccc3nc12. The summed E-state index contributed by atoms with van der Waals surface area (Å²) in [5.74, 6) is -0.896. The van der Waals surface area contributed by atoms with Crippen LogP contribution in [0.1, 0.15) is 0 Å². The summed E-state index contributed by atoms with van der Waals surface area (Å²) in [5.41, 5.74) is 1.05. The standard InChI is InChI=1S/C12H6F2N2/c13-7-3-1-5-9-11(7)16-10-6-2-4-8(14)12(10)15-9/h1-6H. The molecule has 0 saturated carbocycles. The Morgan fingerprint density at radius 2 is 1.12 bits per heavy atom. The number of hydrogen-bond donors (Lipinski definition) is 0. The van der Waals surface area contributed by atoms with E-state index in [9.17, 15) is 8.78 Å². The van der Waals surface area contributed by atoms with Crippen LogP contribution in [-0.2, 0) is 0 Å². The van der Waals surface area contributed by atoms with E-state index in [1.54, 1.807) is 12.1 Å². The number of aromatic nitrogens is 2. The van der Waals surface area contributed by atoms with Gasteiger partial charge in [-0.05, 0) is 24.3 Å². The van der Waals surface area contributed by atoms with Crippen molar-refractivity contribution in [2.24, 2.45) is 0 Å². The van der Waals surface area contributed by atoms with Gasteiger partial charge in [0.1, 0.15) is 11.0 Å². The van der Waals surface area contributed by atoms with Crippen LogP contribution in [-0.4, -0.2) is 9.97 Å². The summed E-state index contributed by atoms with van der Waals surface area (Å²) in [4.78, 5) is 8.12. The van der Waals surface area contributed by atoms with Gasteiger partial charge in [0.25, 0.3) is 0 Å². The van der Waals surface area contributed by atoms with Crippen molar-refractivity contribution in [3.63, 3.8) is 0 Å². The molecule has 78 valence electrons. The van der Waals surface area contributed by atoms with Crippen LogP contribution in [0.4, 0.5) is 8.78 Å². The predicted octanol–water partition coefficient (Wildman–Crippen LogP) is 3.06. The zero-order valence-electron chi connectivity index (χ0n) is 8.11. The summed E-state index contributed by atoms with van der Waals surface area (Å²) >= 11 is 0. The summed E-state index contributed by atoms with van der Waals surface area (Å²) in [6, 6.07) is 8.89. The minimum absolute atomic E-state index is 0.167. The highest BCUT2D eigenvalue weighted by Crippen LogP contribution is 2.19. The molecule has 0 unspecified atom stereocenters. The van der Waals surface area contributed by atoms with E-state index in [0.717, 1.165) is 0 Å². The van der Waals surface area contributed by atoms with Crippen LogP contribution in [0, 0.1) is 11.6 Å². The predicted molar refractivity (Wildman–Crippen MR) is 57.0 cm³/mol. The third kappa shape index (κ3) is 1.23. The molecule has 0 saturated heterocycles. The van der Waals surface area contributed by atoms with Crippen LogP contribution in [0.15, 0.2) is 36.4 Å². The van der Waals surface area contributed by atoms with Gasteiger partial charge in [0, 0.05) is 0 Å². The molecule has 0 aliphatic rings. The van der Waals surface area contributed by atoms with Crippen molar-refractivity contribution in [3.8, 4) is 0 Å². The summed E-state index contributed by atoms with van der Waals surface area (Å²) in [5, 5.41) is 0. The van der Waals surface area contributed by atoms with Gasteiger partial charge in [-0.25, -0.2) is 18.7 Å². The Labute approximate surface area is 89.6 Å². The minimum Gasteiger partial charge on any atom is -0.241 e. The number of nitrogens with zero attached hydrogens (tertiary/aromatic N) is 2. The second-order valence-corrected chi connectivity index (χ2v) is 3.44. The number of benzene rings is 2. The van der Waals surface area contributed by atoms with E-state index in [-0.39, 0.29) is 11.0 Å². The fourth-order valence-electron chi connectivity index (χ4n) is 1.65. The van der Waals surface area contributed by atoms with E-state index < -0.39 is 11.6 Å². The first-order valence-electron chi connectivity index (χ1n) is 4.76. The Kier molecular flexibility index (Phi) is 1.83. The van der Waals surface area contributed by atoms with Crippen molar-refractivity contribution in [3.05, 3.63) is 48.0 Å². The molecule has 0 aliphatic heterocycles. The van der Waals surface area contributed by atoms with E-state index in [0.29, 0.717) is 11.0 Å². The van der Waals surface area contributed by atoms with Gasteiger partial charge in [-0.1, -0.05) is 12.1 Å². The molecule has 16 heavy (non-hydrogen) atoms. The van der Waals surface area contributed by atoms with Crippen molar-refractivity contribution in [1.29, 1.82) is 0 Å². The van der Waals surface area contributed by atoms with E-state index >= 15 is 0 Å². The van der Waals surface area contributed by atoms with Gasteiger partial charge in [-0.2, -0.15) is 0 Å². The number of hydrogen-bond acceptors (Lipinski definition) is 2. The van der Waals surface area contributed by atoms with Gasteiger partial charge in [-0.3, -0.25) is 0 Å². The molecular weight excluding hydrogens is 210 g/mol. The molecule has 1 heterocycles. The highest BCUT2D eigenvalue weighted by atomic mass is 19.1. The van der Waals surface area contributed by atoms with Gasteiger partial charge >= 0.3 is 0 Å². The molecule has 0 N–H and O–H groups in total. The molecule has 4 heteroatoms. The van der Waals surface area contributed by atoms with Crippen molar-refractivity contribution >= 4 is 22.1 Å². The quantitative estimate of drug-likeness (QED) is 0.540. The van der Waals surface area contributed by atoms with Crippen LogP contribution in [0.5, 0.6) is 0 Å². The number of halogens is 2. The number of para-hydroxylation sites is 2. The zero-order valence-corrected chi connectivity index (χ0v) is 8.11. The average Bonchev–Trinajstić information content (AvgIpc) is 2.29. The average molecular weight is 216 g/mol. The van der Waals surface area contributed by atoms with Crippen LogP contribution in [0.25, 0.3) is 22.1 Å². The van der Waals surface area contributed by atoms with Gasteiger partial charge in [0.05, 0.1) is 11.0 Å². The Morgan fingerprint density at radius 3 is 1.56 bits per heavy atom. The summed E-state index contributed by atoms with van der Waals surface area (Å²) in [7, 11) is 0. The molecule has 1 aromatic heterocycles. The van der Waals surface area contributed by atoms with Crippen LogP contribution < -0.4 is 0 Å². The number of fused-ring (bicyclic) bond motifs is 2. The van der Waals surface area contributed by atoms with Gasteiger partial charge < -0.3 is 0 Å². The van der Waals surface area contributed by atoms with E-state index in [1.165, 1.54) is 24.3 Å². The Hall–Kier alpha value is -2.10. The van der Waals surface area contributed by atoms with Crippen LogP contribution in [0.2, 0.25) is 0 Å². The first-order valence-corrected chi connectivity index (χ1v) is 4.76. The van der Waals surface area contributed by atoms with Crippen molar-refractivity contribution in [2.45, 2.75) is 0 Å². The molecule has 3 aromatic rings. The first kappa shape index (κ1) is 9.15. The lowest BCUT2D eigenvalue weighted by atomic mass is 10.2. The zero-order chi connectivity index (χ0) is 11.1. The number of rotatable bonds is 0. The first-order chi connectivity index (χ1) is 7.75. The summed E-state index contributed by atoms with van der Waals surface area (Å²) < 4.78 is 26.8. The fraction of sp³-hybridized carbons (Fsp3) is 0. The molecule has 2 nitrogen and oxygen atoms in total. The molecule has 0 amide bonds. The van der Waals surface area contributed by atoms with Crippen LogP contribution >= 0.6 is 0 Å². The molecule has 0 fully saturated rings. The molecule has 3 rings (SSSR count). The summed E-state index contributed by atoms with van der Waals surface area (Å²) in [6.07, 6.45) is 0. The van der Waals surface area contributed by atoms with Crippen molar-refractivity contribution in [2.75, 3.05) is 0 Å². The largest absolute Gasteiger partial charge is 0.241 e. The topological polar surface area (TPSA) is 25.8 Å².